The normalized spacial score (nSPS) is 23.3. The molecule has 0 spiro atoms. The number of hydrogen-bond acceptors (Lipinski definition) is 5. The van der Waals surface area contributed by atoms with Gasteiger partial charge in [0, 0.05) is 13.5 Å². The molecule has 2 aromatic carbocycles. The van der Waals surface area contributed by atoms with E-state index in [0.29, 0.717) is 36.5 Å². The molecule has 0 bridgehead atoms. The summed E-state index contributed by atoms with van der Waals surface area (Å²) >= 11 is 0. The maximum Gasteiger partial charge on any atom is 0.414 e. The number of anilines is 1. The van der Waals surface area contributed by atoms with Gasteiger partial charge in [-0.3, -0.25) is 14.7 Å². The van der Waals surface area contributed by atoms with Gasteiger partial charge in [0.1, 0.15) is 6.10 Å². The lowest BCUT2D eigenvalue weighted by Crippen LogP contribution is -2.66. The fraction of sp³-hybridized carbons (Fsp3) is 0.382. The molecule has 2 fully saturated rings. The number of amides is 2. The van der Waals surface area contributed by atoms with E-state index in [1.807, 2.05) is 12.1 Å². The average molecular weight is 582 g/mol. The van der Waals surface area contributed by atoms with Crippen LogP contribution in [0.2, 0.25) is 5.04 Å². The van der Waals surface area contributed by atoms with Crippen molar-refractivity contribution >= 4 is 42.0 Å². The molecule has 1 aromatic heterocycles. The minimum atomic E-state index is -2.54. The van der Waals surface area contributed by atoms with Crippen molar-refractivity contribution in [2.75, 3.05) is 24.6 Å². The van der Waals surface area contributed by atoms with E-state index in [1.54, 1.807) is 11.1 Å². The van der Waals surface area contributed by atoms with Crippen LogP contribution in [0.4, 0.5) is 10.5 Å². The Hall–Kier alpha value is -3.75. The molecule has 3 aromatic rings. The second-order valence-electron chi connectivity index (χ2n) is 12.7. The predicted octanol–water partition coefficient (Wildman–Crippen LogP) is 4.77. The molecule has 0 radical (unpaired) electrons. The predicted molar refractivity (Wildman–Crippen MR) is 167 cm³/mol. The summed E-state index contributed by atoms with van der Waals surface area (Å²) in [7, 11) is -2.54. The quantitative estimate of drug-likeness (QED) is 0.369. The summed E-state index contributed by atoms with van der Waals surface area (Å²) in [6, 6.07) is 25.6. The molecule has 2 aliphatic carbocycles. The summed E-state index contributed by atoms with van der Waals surface area (Å²) in [4.78, 5) is 29.8. The molecule has 1 N–H and O–H groups in total. The van der Waals surface area contributed by atoms with E-state index >= 15 is 0 Å². The summed E-state index contributed by atoms with van der Waals surface area (Å²) in [6.45, 7) is 9.88. The van der Waals surface area contributed by atoms with Gasteiger partial charge >= 0.3 is 6.09 Å². The zero-order valence-corrected chi connectivity index (χ0v) is 25.7. The highest BCUT2D eigenvalue weighted by Gasteiger charge is 2.56. The van der Waals surface area contributed by atoms with E-state index in [4.69, 9.17) is 14.1 Å². The Bertz CT molecular complexity index is 1430. The molecule has 1 saturated heterocycles. The van der Waals surface area contributed by atoms with Gasteiger partial charge in [-0.05, 0) is 57.3 Å². The molecule has 8 heteroatoms. The van der Waals surface area contributed by atoms with Crippen LogP contribution in [0.15, 0.2) is 85.1 Å². The SMILES string of the molecule is CC(=O)NC[C@H]1CN(c2ccc(C3=C[C@H]4[C@H](CO[Si](c5ccccc5)(c5ccccc5)C(C)(C)C)[C@H]4C3)nc2)C(=O)O1. The minimum Gasteiger partial charge on any atom is -0.442 e. The number of nitrogens with one attached hydrogen (secondary N) is 1. The van der Waals surface area contributed by atoms with Crippen LogP contribution >= 0.6 is 0 Å². The van der Waals surface area contributed by atoms with Crippen LogP contribution in [0, 0.1) is 17.8 Å². The summed E-state index contributed by atoms with van der Waals surface area (Å²) < 4.78 is 12.6. The van der Waals surface area contributed by atoms with Crippen LogP contribution in [0.1, 0.15) is 39.8 Å². The fourth-order valence-corrected chi connectivity index (χ4v) is 11.4. The highest BCUT2D eigenvalue weighted by Crippen LogP contribution is 2.58. The number of benzene rings is 2. The Balaban J connectivity index is 1.13. The first-order valence-corrected chi connectivity index (χ1v) is 16.7. The molecule has 1 saturated carbocycles. The van der Waals surface area contributed by atoms with Gasteiger partial charge < -0.3 is 14.5 Å². The van der Waals surface area contributed by atoms with Crippen molar-refractivity contribution in [3.63, 3.8) is 0 Å². The standard InChI is InChI=1S/C34H39N3O4Si/c1-23(38)35-20-26-21-37(33(39)41-26)25-15-16-32(36-19-25)24-17-29-30(18-24)31(29)22-40-42(34(2,3)4,27-11-7-5-8-12-27)28-13-9-6-10-14-28/h5-17,19,26,29-31H,18,20-22H2,1-4H3,(H,35,38)/t26-,29+,30-,31-/m0/s1. The molecule has 1 aliphatic heterocycles. The number of ether oxygens (including phenoxy) is 1. The number of pyridine rings is 1. The first-order valence-electron chi connectivity index (χ1n) is 14.8. The third kappa shape index (κ3) is 5.29. The minimum absolute atomic E-state index is 0.0297. The molecule has 42 heavy (non-hydrogen) atoms. The maximum atomic E-state index is 12.4. The zero-order valence-electron chi connectivity index (χ0n) is 24.7. The second kappa shape index (κ2) is 11.2. The summed E-state index contributed by atoms with van der Waals surface area (Å²) in [5, 5.41) is 5.31. The van der Waals surface area contributed by atoms with Gasteiger partial charge in [0.15, 0.2) is 0 Å². The number of cyclic esters (lactones) is 1. The van der Waals surface area contributed by atoms with Crippen molar-refractivity contribution < 1.29 is 18.8 Å². The van der Waals surface area contributed by atoms with Crippen molar-refractivity contribution in [3.8, 4) is 0 Å². The van der Waals surface area contributed by atoms with Crippen molar-refractivity contribution in [3.05, 3.63) is 90.8 Å². The molecule has 3 aliphatic rings. The van der Waals surface area contributed by atoms with Gasteiger partial charge in [-0.15, -0.1) is 0 Å². The summed E-state index contributed by atoms with van der Waals surface area (Å²) in [6.07, 6.45) is 4.35. The van der Waals surface area contributed by atoms with E-state index < -0.39 is 14.4 Å². The Kier molecular flexibility index (Phi) is 7.53. The first kappa shape index (κ1) is 28.4. The number of aromatic nitrogens is 1. The third-order valence-corrected chi connectivity index (χ3v) is 14.0. The van der Waals surface area contributed by atoms with Crippen LogP contribution < -0.4 is 20.6 Å². The van der Waals surface area contributed by atoms with Gasteiger partial charge in [-0.25, -0.2) is 4.79 Å². The number of carbonyl (C=O) groups excluding carboxylic acids is 2. The van der Waals surface area contributed by atoms with E-state index in [1.165, 1.54) is 22.9 Å². The van der Waals surface area contributed by atoms with Gasteiger partial charge in [0.05, 0.1) is 30.7 Å². The average Bonchev–Trinajstić information content (AvgIpc) is 3.27. The van der Waals surface area contributed by atoms with Crippen molar-refractivity contribution in [2.45, 2.75) is 45.3 Å². The molecule has 2 amide bonds. The number of carbonyl (C=O) groups is 2. The monoisotopic (exact) mass is 581 g/mol. The second-order valence-corrected chi connectivity index (χ2v) is 17.0. The molecule has 4 atom stereocenters. The Labute approximate surface area is 249 Å². The van der Waals surface area contributed by atoms with Gasteiger partial charge in [-0.1, -0.05) is 87.5 Å². The number of allylic oxidation sites excluding steroid dienone is 2. The Morgan fingerprint density at radius 1 is 1.05 bits per heavy atom. The molecule has 0 unspecified atom stereocenters. The molecule has 2 heterocycles. The number of fused-ring (bicyclic) bond motifs is 1. The molecular formula is C34H39N3O4Si. The van der Waals surface area contributed by atoms with Crippen molar-refractivity contribution in [1.29, 1.82) is 0 Å². The van der Waals surface area contributed by atoms with E-state index in [2.05, 4.69) is 92.8 Å². The molecule has 218 valence electrons. The van der Waals surface area contributed by atoms with Crippen LogP contribution in [-0.2, 0) is 14.0 Å². The number of hydrogen-bond donors (Lipinski definition) is 1. The molecule has 7 nitrogen and oxygen atoms in total. The number of nitrogens with zero attached hydrogens (tertiary/aromatic N) is 2. The smallest absolute Gasteiger partial charge is 0.414 e. The van der Waals surface area contributed by atoms with Crippen LogP contribution in [0.25, 0.3) is 5.57 Å². The molecule has 6 rings (SSSR count). The van der Waals surface area contributed by atoms with Crippen molar-refractivity contribution in [2.24, 2.45) is 17.8 Å². The highest BCUT2D eigenvalue weighted by molar-refractivity contribution is 6.99. The lowest BCUT2D eigenvalue weighted by Gasteiger charge is -2.43. The Morgan fingerprint density at radius 2 is 1.71 bits per heavy atom. The zero-order chi connectivity index (χ0) is 29.5. The summed E-state index contributed by atoms with van der Waals surface area (Å²) in [5.41, 5.74) is 2.93. The van der Waals surface area contributed by atoms with E-state index in [0.717, 1.165) is 18.7 Å². The highest BCUT2D eigenvalue weighted by atomic mass is 28.4. The molecular weight excluding hydrogens is 542 g/mol. The van der Waals surface area contributed by atoms with Gasteiger partial charge in [-0.2, -0.15) is 0 Å². The summed E-state index contributed by atoms with van der Waals surface area (Å²) in [5.74, 6) is 1.48. The lowest BCUT2D eigenvalue weighted by atomic mass is 10.1. The van der Waals surface area contributed by atoms with Crippen molar-refractivity contribution in [1.82, 2.24) is 10.3 Å². The first-order chi connectivity index (χ1) is 20.2. The third-order valence-electron chi connectivity index (χ3n) is 9.00. The van der Waals surface area contributed by atoms with Crippen LogP contribution in [0.3, 0.4) is 0 Å². The van der Waals surface area contributed by atoms with Gasteiger partial charge in [0.25, 0.3) is 8.32 Å². The maximum absolute atomic E-state index is 12.4. The van der Waals surface area contributed by atoms with Crippen LogP contribution in [0.5, 0.6) is 0 Å². The van der Waals surface area contributed by atoms with Gasteiger partial charge in [0.2, 0.25) is 5.91 Å². The van der Waals surface area contributed by atoms with E-state index in [-0.39, 0.29) is 17.0 Å². The van der Waals surface area contributed by atoms with E-state index in [9.17, 15) is 9.59 Å². The number of rotatable bonds is 9. The van der Waals surface area contributed by atoms with Crippen LogP contribution in [-0.4, -0.2) is 51.1 Å². The lowest BCUT2D eigenvalue weighted by molar-refractivity contribution is -0.119. The Morgan fingerprint density at radius 3 is 2.24 bits per heavy atom. The largest absolute Gasteiger partial charge is 0.442 e. The fourth-order valence-electron chi connectivity index (χ4n) is 6.80. The topological polar surface area (TPSA) is 80.8 Å².